The monoisotopic (exact) mass is 245 g/mol. The molecule has 0 radical (unpaired) electrons. The van der Waals surface area contributed by atoms with Crippen LogP contribution in [0.4, 0.5) is 0 Å². The first-order chi connectivity index (χ1) is 6.06. The molecule has 0 unspecified atom stereocenters. The Morgan fingerprint density at radius 1 is 1.08 bits per heavy atom. The second-order valence-corrected chi connectivity index (χ2v) is 7.75. The van der Waals surface area contributed by atoms with Crippen molar-refractivity contribution in [1.29, 1.82) is 0 Å². The number of hydrogen-bond donors (Lipinski definition) is 1. The normalized spacial score (nSPS) is 11.9. The summed E-state index contributed by atoms with van der Waals surface area (Å²) in [6.45, 7) is 2.84. The molecule has 13 heavy (non-hydrogen) atoms. The first kappa shape index (κ1) is 13.8. The second kappa shape index (κ2) is 8.11. The topological polar surface area (TPSA) is 29.1 Å². The Bertz CT molecular complexity index is 160. The average Bonchev–Trinajstić information content (AvgIpc) is 2.01. The molecule has 0 saturated carbocycles. The molecule has 1 N–H and O–H groups in total. The summed E-state index contributed by atoms with van der Waals surface area (Å²) in [4.78, 5) is 0. The first-order valence-corrected chi connectivity index (χ1v) is 8.32. The molecule has 0 amide bonds. The van der Waals surface area contributed by atoms with E-state index in [1.54, 1.807) is 0 Å². The highest BCUT2D eigenvalue weighted by atomic mass is 35.9. The second-order valence-electron chi connectivity index (χ2n) is 3.14. The Balaban J connectivity index is 3.04. The summed E-state index contributed by atoms with van der Waals surface area (Å²) in [6, 6.07) is 0. The molecule has 0 aliphatic rings. The van der Waals surface area contributed by atoms with E-state index in [1.807, 2.05) is 0 Å². The van der Waals surface area contributed by atoms with Gasteiger partial charge in [0.05, 0.1) is 0 Å². The van der Waals surface area contributed by atoms with E-state index < -0.39 is 6.00 Å². The molecule has 0 aromatic heterocycles. The van der Waals surface area contributed by atoms with Gasteiger partial charge in [-0.2, -0.15) is 0 Å². The molecular formula is C8H18Cl2NOP. The third-order valence-electron chi connectivity index (χ3n) is 1.83. The van der Waals surface area contributed by atoms with E-state index in [1.165, 1.54) is 25.7 Å². The van der Waals surface area contributed by atoms with Gasteiger partial charge in [-0.3, -0.25) is 4.57 Å². The summed E-state index contributed by atoms with van der Waals surface area (Å²) < 4.78 is 10.8. The van der Waals surface area contributed by atoms with Crippen molar-refractivity contribution in [2.75, 3.05) is 6.54 Å². The quantitative estimate of drug-likeness (QED) is 0.503. The fraction of sp³-hybridized carbons (Fsp3) is 1.00. The van der Waals surface area contributed by atoms with Gasteiger partial charge in [0.2, 0.25) is 0 Å². The highest BCUT2D eigenvalue weighted by molar-refractivity contribution is 8.07. The van der Waals surface area contributed by atoms with Crippen LogP contribution in [0.2, 0.25) is 0 Å². The Hall–Kier alpha value is 0.770. The minimum absolute atomic E-state index is 0.649. The van der Waals surface area contributed by atoms with Gasteiger partial charge < -0.3 is 0 Å². The molecule has 0 aliphatic heterocycles. The molecule has 2 nitrogen and oxygen atoms in total. The van der Waals surface area contributed by atoms with Crippen molar-refractivity contribution in [3.8, 4) is 0 Å². The molecule has 0 aromatic carbocycles. The standard InChI is InChI=1S/C8H18Cl2NOP/c1-2-3-4-5-6-7-8-11-13(9,10)12/h2-8H2,1H3,(H,11,12). The van der Waals surface area contributed by atoms with Crippen LogP contribution in [-0.2, 0) is 4.57 Å². The van der Waals surface area contributed by atoms with Crippen LogP contribution in [0.5, 0.6) is 0 Å². The molecule has 0 atom stereocenters. The molecule has 0 aliphatic carbocycles. The fourth-order valence-corrected chi connectivity index (χ4v) is 2.04. The zero-order valence-corrected chi connectivity index (χ0v) is 10.5. The summed E-state index contributed by atoms with van der Waals surface area (Å²) in [5.74, 6) is -3.03. The van der Waals surface area contributed by atoms with Crippen LogP contribution in [0.1, 0.15) is 45.4 Å². The first-order valence-electron chi connectivity index (χ1n) is 4.80. The van der Waals surface area contributed by atoms with Gasteiger partial charge in [-0.05, 0) is 28.9 Å². The van der Waals surface area contributed by atoms with Gasteiger partial charge in [0.25, 0.3) is 0 Å². The van der Waals surface area contributed by atoms with E-state index in [2.05, 4.69) is 12.0 Å². The number of unbranched alkanes of at least 4 members (excludes halogenated alkanes) is 5. The zero-order valence-electron chi connectivity index (χ0n) is 8.06. The summed E-state index contributed by atoms with van der Waals surface area (Å²) in [6.07, 6.45) is 7.24. The molecule has 0 saturated heterocycles. The van der Waals surface area contributed by atoms with Crippen molar-refractivity contribution < 1.29 is 4.57 Å². The van der Waals surface area contributed by atoms with Gasteiger partial charge in [-0.25, -0.2) is 5.09 Å². The van der Waals surface area contributed by atoms with Crippen molar-refractivity contribution in [1.82, 2.24) is 5.09 Å². The molecule has 80 valence electrons. The van der Waals surface area contributed by atoms with Gasteiger partial charge >= 0.3 is 6.00 Å². The molecule has 5 heteroatoms. The van der Waals surface area contributed by atoms with Gasteiger partial charge in [-0.1, -0.05) is 39.0 Å². The molecule has 0 aromatic rings. The molecule has 0 rings (SSSR count). The third kappa shape index (κ3) is 12.8. The number of hydrogen-bond acceptors (Lipinski definition) is 1. The lowest BCUT2D eigenvalue weighted by atomic mass is 10.1. The smallest absolute Gasteiger partial charge is 0.271 e. The van der Waals surface area contributed by atoms with Crippen LogP contribution in [0.3, 0.4) is 0 Å². The van der Waals surface area contributed by atoms with Gasteiger partial charge in [0, 0.05) is 6.54 Å². The largest absolute Gasteiger partial charge is 0.319 e. The maximum absolute atomic E-state index is 10.8. The number of nitrogens with one attached hydrogen (secondary N) is 1. The zero-order chi connectivity index (χ0) is 10.2. The lowest BCUT2D eigenvalue weighted by Gasteiger charge is -2.04. The minimum Gasteiger partial charge on any atom is -0.271 e. The average molecular weight is 246 g/mol. The number of halogens is 2. The maximum Gasteiger partial charge on any atom is 0.319 e. The van der Waals surface area contributed by atoms with Crippen molar-refractivity contribution >= 4 is 28.5 Å². The van der Waals surface area contributed by atoms with Gasteiger partial charge in [0.1, 0.15) is 0 Å². The van der Waals surface area contributed by atoms with Crippen LogP contribution in [0.25, 0.3) is 0 Å². The van der Waals surface area contributed by atoms with Crippen molar-refractivity contribution in [2.24, 2.45) is 0 Å². The molecule has 0 heterocycles. The van der Waals surface area contributed by atoms with Crippen LogP contribution in [0, 0.1) is 0 Å². The fourth-order valence-electron chi connectivity index (χ4n) is 1.11. The van der Waals surface area contributed by atoms with Crippen LogP contribution in [-0.4, -0.2) is 6.54 Å². The number of rotatable bonds is 8. The summed E-state index contributed by atoms with van der Waals surface area (Å²) in [7, 11) is 0. The van der Waals surface area contributed by atoms with E-state index in [0.717, 1.165) is 12.8 Å². The maximum atomic E-state index is 10.8. The van der Waals surface area contributed by atoms with E-state index in [4.69, 9.17) is 22.5 Å². The molecular weight excluding hydrogens is 228 g/mol. The van der Waals surface area contributed by atoms with E-state index >= 15 is 0 Å². The Labute approximate surface area is 90.4 Å². The predicted octanol–water partition coefficient (Wildman–Crippen LogP) is 4.52. The van der Waals surface area contributed by atoms with Crippen molar-refractivity contribution in [3.63, 3.8) is 0 Å². The summed E-state index contributed by atoms with van der Waals surface area (Å²) in [5, 5.41) is 2.60. The van der Waals surface area contributed by atoms with E-state index in [-0.39, 0.29) is 0 Å². The Morgan fingerprint density at radius 2 is 1.62 bits per heavy atom. The molecule has 0 bridgehead atoms. The summed E-state index contributed by atoms with van der Waals surface area (Å²) in [5.41, 5.74) is 0. The molecule has 0 spiro atoms. The SMILES string of the molecule is CCCCCCCCNP(=O)(Cl)Cl. The van der Waals surface area contributed by atoms with Crippen molar-refractivity contribution in [2.45, 2.75) is 45.4 Å². The lowest BCUT2D eigenvalue weighted by molar-refractivity contribution is 0.574. The minimum atomic E-state index is -3.03. The highest BCUT2D eigenvalue weighted by Crippen LogP contribution is 2.51. The van der Waals surface area contributed by atoms with Crippen LogP contribution in [0.15, 0.2) is 0 Å². The lowest BCUT2D eigenvalue weighted by Crippen LogP contribution is -2.05. The highest BCUT2D eigenvalue weighted by Gasteiger charge is 2.10. The van der Waals surface area contributed by atoms with E-state index in [9.17, 15) is 4.57 Å². The van der Waals surface area contributed by atoms with E-state index in [0.29, 0.717) is 6.54 Å². The van der Waals surface area contributed by atoms with Gasteiger partial charge in [-0.15, -0.1) is 0 Å². The van der Waals surface area contributed by atoms with Gasteiger partial charge in [0.15, 0.2) is 0 Å². The Kier molecular flexibility index (Phi) is 8.59. The van der Waals surface area contributed by atoms with Crippen LogP contribution < -0.4 is 5.09 Å². The molecule has 0 fully saturated rings. The Morgan fingerprint density at radius 3 is 2.15 bits per heavy atom. The van der Waals surface area contributed by atoms with Crippen molar-refractivity contribution in [3.05, 3.63) is 0 Å². The predicted molar refractivity (Wildman–Crippen MR) is 60.7 cm³/mol. The van der Waals surface area contributed by atoms with Crippen LogP contribution >= 0.6 is 28.5 Å². The third-order valence-corrected chi connectivity index (χ3v) is 3.14. The summed E-state index contributed by atoms with van der Waals surface area (Å²) >= 11 is 10.6.